The number of halogens is 2. The van der Waals surface area contributed by atoms with E-state index in [1.807, 2.05) is 27.7 Å². The third-order valence-electron chi connectivity index (χ3n) is 5.07. The van der Waals surface area contributed by atoms with Gasteiger partial charge in [-0.25, -0.2) is 4.79 Å². The summed E-state index contributed by atoms with van der Waals surface area (Å²) in [6, 6.07) is 5.04. The van der Waals surface area contributed by atoms with Crippen LogP contribution in [0.5, 0.6) is 5.75 Å². The summed E-state index contributed by atoms with van der Waals surface area (Å²) in [5, 5.41) is 0.887. The zero-order valence-corrected chi connectivity index (χ0v) is 20.6. The number of hydrogen-bond acceptors (Lipinski definition) is 5. The van der Waals surface area contributed by atoms with E-state index < -0.39 is 5.97 Å². The molecule has 0 aromatic heterocycles. The first-order chi connectivity index (χ1) is 14.1. The second-order valence-corrected chi connectivity index (χ2v) is 8.89. The Morgan fingerprint density at radius 2 is 1.73 bits per heavy atom. The molecule has 164 valence electrons. The van der Waals surface area contributed by atoms with Crippen LogP contribution < -0.4 is 4.74 Å². The Labute approximate surface area is 190 Å². The summed E-state index contributed by atoms with van der Waals surface area (Å²) in [4.78, 5) is 25.3. The number of Topliss-reactive ketones (excluding diaryl/α,β-unsaturated/α-hetero) is 1. The van der Waals surface area contributed by atoms with Gasteiger partial charge in [0.05, 0.1) is 28.8 Å². The molecule has 0 N–H and O–H groups in total. The van der Waals surface area contributed by atoms with E-state index in [0.29, 0.717) is 40.0 Å². The van der Waals surface area contributed by atoms with E-state index in [9.17, 15) is 9.59 Å². The molecule has 8 heteroatoms. The summed E-state index contributed by atoms with van der Waals surface area (Å²) in [5.74, 6) is -0.0509. The monoisotopic (exact) mass is 471 g/mol. The quantitative estimate of drug-likeness (QED) is 0.271. The van der Waals surface area contributed by atoms with Crippen LogP contribution in [-0.2, 0) is 14.3 Å². The van der Waals surface area contributed by atoms with Crippen LogP contribution in [0.4, 0.5) is 0 Å². The summed E-state index contributed by atoms with van der Waals surface area (Å²) in [6.45, 7) is 9.88. The maximum Gasteiger partial charge on any atom is 0.336 e. The zero-order valence-electron chi connectivity index (χ0n) is 17.9. The smallest absolute Gasteiger partial charge is 0.336 e. The number of rotatable bonds is 8. The first-order valence-electron chi connectivity index (χ1n) is 9.78. The highest BCUT2D eigenvalue weighted by molar-refractivity contribution is 7.13. The summed E-state index contributed by atoms with van der Waals surface area (Å²) in [6.07, 6.45) is 0.518. The van der Waals surface area contributed by atoms with E-state index in [-0.39, 0.29) is 24.2 Å². The summed E-state index contributed by atoms with van der Waals surface area (Å²) in [7, 11) is 2.57. The molecule has 5 nitrogen and oxygen atoms in total. The van der Waals surface area contributed by atoms with Gasteiger partial charge in [0.1, 0.15) is 5.75 Å². The van der Waals surface area contributed by atoms with Crippen LogP contribution in [0.15, 0.2) is 40.7 Å². The molecule has 2 rings (SSSR count). The van der Waals surface area contributed by atoms with Gasteiger partial charge in [-0.1, -0.05) is 37.0 Å². The molecule has 2 atom stereocenters. The number of nitrogens with zero attached hydrogens (tertiary/aromatic N) is 1. The first kappa shape index (κ1) is 24.7. The minimum Gasteiger partial charge on any atom is -0.493 e. The first-order valence-corrected chi connectivity index (χ1v) is 11.1. The second-order valence-electron chi connectivity index (χ2n) is 7.56. The second kappa shape index (κ2) is 10.7. The SMILES string of the molecule is CC(=O)C1=C(C)N(P)C(C)=C(C(=O)OCCCOc2ccc(Cl)c(Cl)c2)C1C(C)C. The third kappa shape index (κ3) is 5.57. The van der Waals surface area contributed by atoms with E-state index in [1.54, 1.807) is 22.9 Å². The van der Waals surface area contributed by atoms with Gasteiger partial charge in [-0.2, -0.15) is 0 Å². The molecular formula is C22H28Cl2NO4P. The van der Waals surface area contributed by atoms with Crippen LogP contribution in [0, 0.1) is 11.8 Å². The molecule has 1 aliphatic rings. The highest BCUT2D eigenvalue weighted by Crippen LogP contribution is 2.41. The Hall–Kier alpha value is -1.55. The highest BCUT2D eigenvalue weighted by atomic mass is 35.5. The van der Waals surface area contributed by atoms with Crippen LogP contribution >= 0.6 is 32.6 Å². The Kier molecular flexibility index (Phi) is 8.78. The van der Waals surface area contributed by atoms with Gasteiger partial charge in [0.15, 0.2) is 5.78 Å². The maximum atomic E-state index is 12.9. The van der Waals surface area contributed by atoms with Crippen molar-refractivity contribution in [3.63, 3.8) is 0 Å². The molecule has 0 aliphatic carbocycles. The zero-order chi connectivity index (χ0) is 22.6. The number of ketones is 1. The van der Waals surface area contributed by atoms with Gasteiger partial charge < -0.3 is 14.1 Å². The van der Waals surface area contributed by atoms with Gasteiger partial charge in [0.2, 0.25) is 0 Å². The van der Waals surface area contributed by atoms with Crippen LogP contribution in [-0.4, -0.2) is 29.6 Å². The summed E-state index contributed by atoms with van der Waals surface area (Å²) in [5.41, 5.74) is 2.80. The molecule has 0 bridgehead atoms. The molecule has 0 radical (unpaired) electrons. The molecule has 1 aromatic rings. The van der Waals surface area contributed by atoms with Gasteiger partial charge in [-0.3, -0.25) is 4.79 Å². The summed E-state index contributed by atoms with van der Waals surface area (Å²) >= 11 is 11.9. The molecule has 0 saturated heterocycles. The fourth-order valence-corrected chi connectivity index (χ4v) is 4.15. The van der Waals surface area contributed by atoms with Crippen molar-refractivity contribution in [2.24, 2.45) is 11.8 Å². The van der Waals surface area contributed by atoms with Crippen molar-refractivity contribution < 1.29 is 19.1 Å². The van der Waals surface area contributed by atoms with E-state index in [0.717, 1.165) is 11.4 Å². The fourth-order valence-electron chi connectivity index (χ4n) is 3.58. The van der Waals surface area contributed by atoms with Crippen molar-refractivity contribution in [3.8, 4) is 5.75 Å². The Morgan fingerprint density at radius 1 is 1.10 bits per heavy atom. The van der Waals surface area contributed by atoms with Gasteiger partial charge in [-0.15, -0.1) is 0 Å². The van der Waals surface area contributed by atoms with E-state index in [4.69, 9.17) is 32.7 Å². The van der Waals surface area contributed by atoms with Crippen LogP contribution in [0.25, 0.3) is 0 Å². The van der Waals surface area contributed by atoms with E-state index >= 15 is 0 Å². The van der Waals surface area contributed by atoms with Crippen LogP contribution in [0.3, 0.4) is 0 Å². The molecule has 1 aliphatic heterocycles. The third-order valence-corrected chi connectivity index (χ3v) is 6.59. The number of hydrogen-bond donors (Lipinski definition) is 0. The van der Waals surface area contributed by atoms with E-state index in [2.05, 4.69) is 9.39 Å². The molecule has 0 fully saturated rings. The standard InChI is InChI=1S/C22H28Cl2NO4P/c1-12(2)19-20(15(5)26)13(3)25(30)14(4)21(19)22(27)29-10-6-9-28-16-7-8-17(23)18(24)11-16/h7-8,11-12,19H,6,9-10,30H2,1-5H3. The topological polar surface area (TPSA) is 55.8 Å². The van der Waals surface area contributed by atoms with Crippen molar-refractivity contribution in [3.05, 3.63) is 50.8 Å². The number of allylic oxidation sites excluding steroid dienone is 3. The fraction of sp³-hybridized carbons (Fsp3) is 0.455. The van der Waals surface area contributed by atoms with Crippen LogP contribution in [0.1, 0.15) is 41.0 Å². The van der Waals surface area contributed by atoms with Crippen molar-refractivity contribution in [2.75, 3.05) is 13.2 Å². The lowest BCUT2D eigenvalue weighted by Crippen LogP contribution is -2.34. The van der Waals surface area contributed by atoms with E-state index in [1.165, 1.54) is 6.92 Å². The molecule has 1 aromatic carbocycles. The number of carbonyl (C=O) groups excluding carboxylic acids is 2. The Morgan fingerprint density at radius 3 is 2.30 bits per heavy atom. The normalized spacial score (nSPS) is 17.0. The average molecular weight is 472 g/mol. The minimum absolute atomic E-state index is 0.0357. The molecule has 0 spiro atoms. The molecule has 0 saturated carbocycles. The molecule has 2 unspecified atom stereocenters. The van der Waals surface area contributed by atoms with Crippen molar-refractivity contribution in [1.82, 2.24) is 4.67 Å². The van der Waals surface area contributed by atoms with Crippen molar-refractivity contribution in [2.45, 2.75) is 41.0 Å². The maximum absolute atomic E-state index is 12.9. The van der Waals surface area contributed by atoms with Gasteiger partial charge >= 0.3 is 5.97 Å². The number of benzene rings is 1. The van der Waals surface area contributed by atoms with Gasteiger partial charge in [0, 0.05) is 35.4 Å². The number of esters is 1. The number of ether oxygens (including phenoxy) is 2. The highest BCUT2D eigenvalue weighted by Gasteiger charge is 2.38. The molecular weight excluding hydrogens is 444 g/mol. The Balaban J connectivity index is 2.02. The predicted octanol–water partition coefficient (Wildman–Crippen LogP) is 5.82. The molecule has 0 amide bonds. The molecule has 30 heavy (non-hydrogen) atoms. The van der Waals surface area contributed by atoms with Crippen LogP contribution in [0.2, 0.25) is 10.0 Å². The average Bonchev–Trinajstić information content (AvgIpc) is 2.67. The predicted molar refractivity (Wildman–Crippen MR) is 123 cm³/mol. The van der Waals surface area contributed by atoms with Crippen molar-refractivity contribution >= 4 is 44.3 Å². The van der Waals surface area contributed by atoms with Crippen molar-refractivity contribution in [1.29, 1.82) is 0 Å². The largest absolute Gasteiger partial charge is 0.493 e. The lowest BCUT2D eigenvalue weighted by Gasteiger charge is -2.37. The minimum atomic E-state index is -0.403. The summed E-state index contributed by atoms with van der Waals surface area (Å²) < 4.78 is 13.0. The number of carbonyl (C=O) groups is 2. The molecule has 1 heterocycles. The van der Waals surface area contributed by atoms with Gasteiger partial charge in [-0.05, 0) is 48.2 Å². The van der Waals surface area contributed by atoms with Gasteiger partial charge in [0.25, 0.3) is 0 Å². The lowest BCUT2D eigenvalue weighted by molar-refractivity contribution is -0.140. The Bertz CT molecular complexity index is 895. The lowest BCUT2D eigenvalue weighted by atomic mass is 9.77.